The summed E-state index contributed by atoms with van der Waals surface area (Å²) < 4.78 is 5.45. The lowest BCUT2D eigenvalue weighted by molar-refractivity contribution is -0.159. The van der Waals surface area contributed by atoms with Crippen molar-refractivity contribution in [1.82, 2.24) is 4.90 Å². The van der Waals surface area contributed by atoms with Gasteiger partial charge in [-0.05, 0) is 52.9 Å². The smallest absolute Gasteiger partial charge is 0.414 e. The van der Waals surface area contributed by atoms with Gasteiger partial charge in [-0.2, -0.15) is 0 Å². The SMILES string of the molecule is CC(C)(C)OC(=O)N1CCC12CCC(N)CC2.O=C(O)C(=O)O.O=C(O)C(=O)O. The number of likely N-dealkylation sites (tertiary alicyclic amines) is 1. The zero-order valence-electron chi connectivity index (χ0n) is 16.6. The van der Waals surface area contributed by atoms with Crippen LogP contribution in [-0.2, 0) is 23.9 Å². The molecule has 0 aromatic rings. The highest BCUT2D eigenvalue weighted by Crippen LogP contribution is 2.43. The minimum Gasteiger partial charge on any atom is -0.473 e. The van der Waals surface area contributed by atoms with E-state index >= 15 is 0 Å². The number of rotatable bonds is 0. The maximum Gasteiger partial charge on any atom is 0.414 e. The van der Waals surface area contributed by atoms with E-state index in [1.165, 1.54) is 0 Å². The van der Waals surface area contributed by atoms with E-state index < -0.39 is 29.5 Å². The second-order valence-corrected chi connectivity index (χ2v) is 7.66. The summed E-state index contributed by atoms with van der Waals surface area (Å²) in [5.74, 6) is -7.30. The molecule has 0 bridgehead atoms. The Kier molecular flexibility index (Phi) is 9.54. The molecule has 2 aliphatic rings. The van der Waals surface area contributed by atoms with Gasteiger partial charge in [-0.3, -0.25) is 0 Å². The first-order valence-electron chi connectivity index (χ1n) is 8.80. The molecule has 1 heterocycles. The summed E-state index contributed by atoms with van der Waals surface area (Å²) in [7, 11) is 0. The van der Waals surface area contributed by atoms with Crippen LogP contribution < -0.4 is 5.73 Å². The monoisotopic (exact) mass is 420 g/mol. The van der Waals surface area contributed by atoms with Gasteiger partial charge in [0.2, 0.25) is 0 Å². The summed E-state index contributed by atoms with van der Waals surface area (Å²) >= 11 is 0. The van der Waals surface area contributed by atoms with Crippen LogP contribution in [0.4, 0.5) is 4.79 Å². The molecular weight excluding hydrogens is 392 g/mol. The molecule has 1 saturated heterocycles. The first-order valence-corrected chi connectivity index (χ1v) is 8.80. The molecule has 0 aromatic carbocycles. The number of aliphatic carboxylic acids is 4. The predicted octanol–water partition coefficient (Wildman–Crippen LogP) is 0.579. The van der Waals surface area contributed by atoms with Gasteiger partial charge >= 0.3 is 30.0 Å². The van der Waals surface area contributed by atoms with Crippen LogP contribution in [0.5, 0.6) is 0 Å². The molecule has 1 aliphatic carbocycles. The standard InChI is InChI=1S/C13H24N2O2.2C2H2O4/c1-12(2,3)17-11(16)15-9-8-13(15)6-4-10(14)5-7-13;2*3-1(4)2(5)6/h10H,4-9,14H2,1-3H3;2*(H,3,4)(H,5,6). The average molecular weight is 420 g/mol. The highest BCUT2D eigenvalue weighted by Gasteiger charge is 2.49. The summed E-state index contributed by atoms with van der Waals surface area (Å²) in [5.41, 5.74) is 5.59. The Balaban J connectivity index is 0.000000542. The molecule has 29 heavy (non-hydrogen) atoms. The molecule has 6 N–H and O–H groups in total. The maximum atomic E-state index is 12.1. The van der Waals surface area contributed by atoms with Crippen molar-refractivity contribution in [1.29, 1.82) is 0 Å². The van der Waals surface area contributed by atoms with Crippen LogP contribution in [0.3, 0.4) is 0 Å². The Bertz CT molecular complexity index is 585. The molecule has 2 rings (SSSR count). The van der Waals surface area contributed by atoms with Crippen molar-refractivity contribution in [2.45, 2.75) is 70.1 Å². The van der Waals surface area contributed by atoms with E-state index in [0.717, 1.165) is 38.6 Å². The minimum absolute atomic E-state index is 0.0677. The van der Waals surface area contributed by atoms with Crippen LogP contribution in [0.15, 0.2) is 0 Å². The van der Waals surface area contributed by atoms with Gasteiger partial charge in [-0.15, -0.1) is 0 Å². The molecule has 0 atom stereocenters. The van der Waals surface area contributed by atoms with E-state index in [1.807, 2.05) is 25.7 Å². The lowest BCUT2D eigenvalue weighted by Gasteiger charge is -2.55. The van der Waals surface area contributed by atoms with Crippen molar-refractivity contribution in [2.24, 2.45) is 5.73 Å². The molecule has 12 heteroatoms. The number of nitrogens with zero attached hydrogens (tertiary/aromatic N) is 1. The van der Waals surface area contributed by atoms with Crippen molar-refractivity contribution in [3.8, 4) is 0 Å². The quantitative estimate of drug-likeness (QED) is 0.343. The molecular formula is C17H28N2O10. The molecule has 0 radical (unpaired) electrons. The fourth-order valence-corrected chi connectivity index (χ4v) is 2.84. The van der Waals surface area contributed by atoms with E-state index in [-0.39, 0.29) is 11.6 Å². The summed E-state index contributed by atoms with van der Waals surface area (Å²) in [6, 6.07) is 0.321. The van der Waals surface area contributed by atoms with E-state index in [0.29, 0.717) is 6.04 Å². The zero-order chi connectivity index (χ0) is 23.0. The number of nitrogens with two attached hydrogens (primary N) is 1. The summed E-state index contributed by atoms with van der Waals surface area (Å²) in [5, 5.41) is 29.6. The van der Waals surface area contributed by atoms with Gasteiger partial charge in [0.25, 0.3) is 0 Å². The second-order valence-electron chi connectivity index (χ2n) is 7.66. The van der Waals surface area contributed by atoms with Crippen molar-refractivity contribution in [3.05, 3.63) is 0 Å². The van der Waals surface area contributed by atoms with Gasteiger partial charge < -0.3 is 35.8 Å². The first-order chi connectivity index (χ1) is 13.1. The van der Waals surface area contributed by atoms with E-state index in [2.05, 4.69) is 0 Å². The van der Waals surface area contributed by atoms with E-state index in [4.69, 9.17) is 50.1 Å². The topological polar surface area (TPSA) is 205 Å². The van der Waals surface area contributed by atoms with E-state index in [1.54, 1.807) is 0 Å². The number of hydrogen-bond donors (Lipinski definition) is 5. The van der Waals surface area contributed by atoms with Gasteiger partial charge in [-0.1, -0.05) is 0 Å². The molecule has 12 nitrogen and oxygen atoms in total. The Hall–Kier alpha value is -2.89. The third-order valence-electron chi connectivity index (χ3n) is 4.31. The molecule has 1 aliphatic heterocycles. The molecule has 1 amide bonds. The third-order valence-corrected chi connectivity index (χ3v) is 4.31. The van der Waals surface area contributed by atoms with Gasteiger partial charge in [0, 0.05) is 18.1 Å². The summed E-state index contributed by atoms with van der Waals surface area (Å²) in [4.78, 5) is 50.4. The number of carbonyl (C=O) groups is 5. The summed E-state index contributed by atoms with van der Waals surface area (Å²) in [6.45, 7) is 6.57. The highest BCUT2D eigenvalue weighted by atomic mass is 16.6. The molecule has 0 unspecified atom stereocenters. The number of ether oxygens (including phenoxy) is 1. The van der Waals surface area contributed by atoms with Gasteiger partial charge in [0.05, 0.1) is 0 Å². The van der Waals surface area contributed by atoms with Crippen LogP contribution in [0.2, 0.25) is 0 Å². The third kappa shape index (κ3) is 9.23. The normalized spacial score (nSPS) is 22.6. The van der Waals surface area contributed by atoms with Gasteiger partial charge in [-0.25, -0.2) is 24.0 Å². The zero-order valence-corrected chi connectivity index (χ0v) is 16.6. The Morgan fingerprint density at radius 2 is 1.24 bits per heavy atom. The largest absolute Gasteiger partial charge is 0.473 e. The number of carboxylic acid groups (broad SMARTS) is 4. The van der Waals surface area contributed by atoms with Gasteiger partial charge in [0.15, 0.2) is 0 Å². The highest BCUT2D eigenvalue weighted by molar-refractivity contribution is 6.27. The maximum absolute atomic E-state index is 12.1. The van der Waals surface area contributed by atoms with Crippen molar-refractivity contribution < 1.29 is 49.1 Å². The van der Waals surface area contributed by atoms with Crippen molar-refractivity contribution in [2.75, 3.05) is 6.54 Å². The number of hydrogen-bond acceptors (Lipinski definition) is 7. The van der Waals surface area contributed by atoms with Crippen LogP contribution in [0.25, 0.3) is 0 Å². The Morgan fingerprint density at radius 3 is 1.48 bits per heavy atom. The number of carbonyl (C=O) groups excluding carboxylic acids is 1. The van der Waals surface area contributed by atoms with Gasteiger partial charge in [0.1, 0.15) is 5.60 Å². The van der Waals surface area contributed by atoms with Crippen molar-refractivity contribution in [3.63, 3.8) is 0 Å². The lowest BCUT2D eigenvalue weighted by Crippen LogP contribution is -2.64. The molecule has 166 valence electrons. The van der Waals surface area contributed by atoms with Crippen LogP contribution in [-0.4, -0.2) is 79.0 Å². The van der Waals surface area contributed by atoms with E-state index in [9.17, 15) is 4.79 Å². The number of amides is 1. The Morgan fingerprint density at radius 1 is 0.862 bits per heavy atom. The average Bonchev–Trinajstić information content (AvgIpc) is 2.53. The van der Waals surface area contributed by atoms with Crippen molar-refractivity contribution >= 4 is 30.0 Å². The first kappa shape index (κ1) is 26.1. The summed E-state index contributed by atoms with van der Waals surface area (Å²) in [6.07, 6.45) is 5.08. The second kappa shape index (κ2) is 10.6. The molecule has 0 aromatic heterocycles. The fourth-order valence-electron chi connectivity index (χ4n) is 2.84. The molecule has 2 fully saturated rings. The Labute approximate surface area is 167 Å². The predicted molar refractivity (Wildman–Crippen MR) is 97.3 cm³/mol. The molecule has 1 saturated carbocycles. The minimum atomic E-state index is -1.82. The van der Waals surface area contributed by atoms with Crippen LogP contribution >= 0.6 is 0 Å². The molecule has 1 spiro atoms. The van der Waals surface area contributed by atoms with Crippen LogP contribution in [0.1, 0.15) is 52.9 Å². The lowest BCUT2D eigenvalue weighted by atomic mass is 9.71. The number of carboxylic acids is 4. The van der Waals surface area contributed by atoms with Crippen LogP contribution in [0, 0.1) is 0 Å². The fraction of sp³-hybridized carbons (Fsp3) is 0.706.